The molecular formula is C3H7ClNaOSc. The normalized spacial score (nSPS) is 4.29. The van der Waals surface area contributed by atoms with Crippen molar-refractivity contribution < 1.29 is 28.0 Å². The molecule has 0 aliphatic heterocycles. The van der Waals surface area contributed by atoms with E-state index in [1.165, 1.54) is 13.8 Å². The van der Waals surface area contributed by atoms with Crippen molar-refractivity contribution in [2.45, 2.75) is 13.8 Å². The van der Waals surface area contributed by atoms with Crippen LogP contribution < -0.4 is 0 Å². The number of ketones is 1. The van der Waals surface area contributed by atoms with Crippen LogP contribution in [0.15, 0.2) is 0 Å². The number of hydrogen-bond donors (Lipinski definition) is 0. The van der Waals surface area contributed by atoms with E-state index in [1.807, 2.05) is 0 Å². The quantitative estimate of drug-likeness (QED) is 0.478. The molecule has 0 saturated carbocycles. The van der Waals surface area contributed by atoms with E-state index in [0.29, 0.717) is 0 Å². The van der Waals surface area contributed by atoms with Gasteiger partial charge in [0.15, 0.2) is 0 Å². The number of carbonyl (C=O) groups is 1. The molecule has 0 aliphatic carbocycles. The fraction of sp³-hybridized carbons (Fsp3) is 0.667. The fourth-order valence-corrected chi connectivity index (χ4v) is 0. The first kappa shape index (κ1) is 15.9. The van der Waals surface area contributed by atoms with Crippen LogP contribution >= 0.6 is 8.58 Å². The van der Waals surface area contributed by atoms with Gasteiger partial charge in [-0.05, 0) is 13.8 Å². The standard InChI is InChI=1S/C3H6O.ClH.Na.Sc.H/c1-3(2)4;;;;/h1-2H3;1H;;;/q;;;+1;/p-1. The number of hydrogen-bond acceptors (Lipinski definition) is 1. The summed E-state index contributed by atoms with van der Waals surface area (Å²) in [5.41, 5.74) is 0. The molecule has 4 heteroatoms. The molecule has 36 valence electrons. The van der Waals surface area contributed by atoms with Gasteiger partial charge in [0.1, 0.15) is 5.78 Å². The Labute approximate surface area is 84.6 Å². The van der Waals surface area contributed by atoms with Crippen molar-refractivity contribution in [3.05, 3.63) is 0 Å². The summed E-state index contributed by atoms with van der Waals surface area (Å²) in [6.07, 6.45) is 0. The summed E-state index contributed by atoms with van der Waals surface area (Å²) in [6.45, 7) is 3.06. The van der Waals surface area contributed by atoms with Crippen molar-refractivity contribution in [3.8, 4) is 0 Å². The topological polar surface area (TPSA) is 17.1 Å². The number of rotatable bonds is 0. The van der Waals surface area contributed by atoms with E-state index < -0.39 is 0 Å². The molecule has 0 aliphatic rings. The zero-order valence-electron chi connectivity index (χ0n) is 3.86. The van der Waals surface area contributed by atoms with Gasteiger partial charge < -0.3 is 4.79 Å². The second-order valence-electron chi connectivity index (χ2n) is 0.908. The van der Waals surface area contributed by atoms with Crippen molar-refractivity contribution in [2.75, 3.05) is 0 Å². The Balaban J connectivity index is -0.0000000480. The van der Waals surface area contributed by atoms with Gasteiger partial charge in [0.25, 0.3) is 0 Å². The fourth-order valence-electron chi connectivity index (χ4n) is 0. The van der Waals surface area contributed by atoms with Gasteiger partial charge in [-0.1, -0.05) is 0 Å². The molecule has 0 amide bonds. The van der Waals surface area contributed by atoms with Crippen LogP contribution in [-0.2, 0) is 28.0 Å². The van der Waals surface area contributed by atoms with Gasteiger partial charge in [-0.25, -0.2) is 0 Å². The zero-order valence-corrected chi connectivity index (χ0v) is 6.42. The van der Waals surface area contributed by atoms with Gasteiger partial charge in [-0.15, -0.1) is 0 Å². The van der Waals surface area contributed by atoms with E-state index in [9.17, 15) is 4.79 Å². The van der Waals surface area contributed by atoms with Crippen LogP contribution in [0.25, 0.3) is 0 Å². The molecule has 0 rings (SSSR count). The second kappa shape index (κ2) is 15.7. The summed E-state index contributed by atoms with van der Waals surface area (Å²) in [6, 6.07) is 0. The van der Waals surface area contributed by atoms with Gasteiger partial charge in [0.2, 0.25) is 0 Å². The van der Waals surface area contributed by atoms with Crippen LogP contribution in [0.5, 0.6) is 0 Å². The molecule has 0 aromatic heterocycles. The monoisotopic (exact) mass is 162 g/mol. The molecule has 0 aromatic carbocycles. The number of halogens is 1. The maximum absolute atomic E-state index is 9.44. The predicted octanol–water partition coefficient (Wildman–Crippen LogP) is 0.634. The first-order valence-corrected chi connectivity index (χ1v) is 3.90. The summed E-state index contributed by atoms with van der Waals surface area (Å²) in [7, 11) is 4.70. The third-order valence-corrected chi connectivity index (χ3v) is 0. The van der Waals surface area contributed by atoms with E-state index >= 15 is 0 Å². The van der Waals surface area contributed by atoms with Gasteiger partial charge in [0, 0.05) is 0 Å². The van der Waals surface area contributed by atoms with Crippen molar-refractivity contribution in [1.82, 2.24) is 0 Å². The number of Topliss-reactive ketones (excluding diaryl/α,β-unsaturated/α-hetero) is 1. The third-order valence-electron chi connectivity index (χ3n) is 0. The Morgan fingerprint density at radius 2 is 1.43 bits per heavy atom. The minimum atomic E-state index is 0. The summed E-state index contributed by atoms with van der Waals surface area (Å²) in [4.78, 5) is 9.44. The Morgan fingerprint density at radius 3 is 1.43 bits per heavy atom. The van der Waals surface area contributed by atoms with Crippen LogP contribution in [0, 0.1) is 0 Å². The SMILES string of the molecule is CC(C)=O.[Cl][Sc].[NaH]. The molecule has 0 N–H and O–H groups in total. The maximum atomic E-state index is 9.44. The van der Waals surface area contributed by atoms with Crippen molar-refractivity contribution in [2.24, 2.45) is 0 Å². The van der Waals surface area contributed by atoms with Gasteiger partial charge >= 0.3 is 61.3 Å². The molecule has 1 nitrogen and oxygen atoms in total. The molecule has 0 aromatic rings. The number of carbonyl (C=O) groups excluding carboxylic acids is 1. The molecule has 0 bridgehead atoms. The molecule has 0 spiro atoms. The Morgan fingerprint density at radius 1 is 1.43 bits per heavy atom. The molecule has 0 atom stereocenters. The van der Waals surface area contributed by atoms with Crippen LogP contribution in [0.4, 0.5) is 0 Å². The van der Waals surface area contributed by atoms with Gasteiger partial charge in [-0.3, -0.25) is 0 Å². The van der Waals surface area contributed by atoms with E-state index in [-0.39, 0.29) is 35.3 Å². The molecule has 0 heterocycles. The molecule has 0 saturated heterocycles. The molecule has 0 unspecified atom stereocenters. The molecule has 7 heavy (non-hydrogen) atoms. The van der Waals surface area contributed by atoms with E-state index in [4.69, 9.17) is 8.58 Å². The molecule has 0 fully saturated rings. The van der Waals surface area contributed by atoms with E-state index in [2.05, 4.69) is 0 Å². The summed E-state index contributed by atoms with van der Waals surface area (Å²) < 4.78 is 0. The Bertz CT molecular complexity index is 37.9. The van der Waals surface area contributed by atoms with Crippen molar-refractivity contribution >= 4 is 43.9 Å². The summed E-state index contributed by atoms with van der Waals surface area (Å²) >= 11 is 1.16. The average Bonchev–Trinajstić information content (AvgIpc) is 1.41. The van der Waals surface area contributed by atoms with Gasteiger partial charge in [0.05, 0.1) is 0 Å². The van der Waals surface area contributed by atoms with Crippen molar-refractivity contribution in [1.29, 1.82) is 0 Å². The Kier molecular flexibility index (Phi) is 35.6. The second-order valence-corrected chi connectivity index (χ2v) is 0.908. The average molecular weight is 162 g/mol. The van der Waals surface area contributed by atoms with E-state index in [1.54, 1.807) is 0 Å². The van der Waals surface area contributed by atoms with Gasteiger partial charge in [-0.2, -0.15) is 0 Å². The summed E-state index contributed by atoms with van der Waals surface area (Å²) in [5.74, 6) is 0.167. The predicted molar refractivity (Wildman–Crippen MR) is 29.4 cm³/mol. The van der Waals surface area contributed by atoms with Crippen LogP contribution in [0.3, 0.4) is 0 Å². The first-order valence-electron chi connectivity index (χ1n) is 1.42. The minimum absolute atomic E-state index is 0. The van der Waals surface area contributed by atoms with E-state index in [0.717, 1.165) is 23.2 Å². The van der Waals surface area contributed by atoms with Crippen LogP contribution in [0.2, 0.25) is 0 Å². The van der Waals surface area contributed by atoms with Crippen LogP contribution in [-0.4, -0.2) is 35.3 Å². The molecule has 0 radical (unpaired) electrons. The third kappa shape index (κ3) is 79.5. The van der Waals surface area contributed by atoms with Crippen LogP contribution in [0.1, 0.15) is 13.8 Å². The summed E-state index contributed by atoms with van der Waals surface area (Å²) in [5, 5.41) is 0. The Hall–Kier alpha value is 1.83. The molecular weight excluding hydrogens is 155 g/mol. The zero-order chi connectivity index (χ0) is 5.58. The first-order chi connectivity index (χ1) is 2.73. The van der Waals surface area contributed by atoms with Crippen molar-refractivity contribution in [3.63, 3.8) is 0 Å².